The summed E-state index contributed by atoms with van der Waals surface area (Å²) >= 11 is 6.08. The molecule has 17 heavy (non-hydrogen) atoms. The maximum atomic E-state index is 6.08. The Hall–Kier alpha value is -0.570. The van der Waals surface area contributed by atoms with Crippen LogP contribution in [0.1, 0.15) is 26.3 Å². The highest BCUT2D eigenvalue weighted by atomic mass is 35.5. The first kappa shape index (κ1) is 14.5. The van der Waals surface area contributed by atoms with Crippen molar-refractivity contribution in [1.82, 2.24) is 10.6 Å². The Balaban J connectivity index is 2.11. The number of hydrogen-bond donors (Lipinski definition) is 2. The number of nitrogens with one attached hydrogen (secondary N) is 2. The number of halogens is 1. The Morgan fingerprint density at radius 2 is 1.76 bits per heavy atom. The van der Waals surface area contributed by atoms with Gasteiger partial charge in [0.1, 0.15) is 0 Å². The molecule has 0 spiro atoms. The fourth-order valence-corrected chi connectivity index (χ4v) is 1.81. The quantitative estimate of drug-likeness (QED) is 0.763. The van der Waals surface area contributed by atoms with Gasteiger partial charge in [-0.25, -0.2) is 0 Å². The normalized spacial score (nSPS) is 11.8. The molecule has 0 fully saturated rings. The molecule has 3 heteroatoms. The Morgan fingerprint density at radius 1 is 1.06 bits per heavy atom. The monoisotopic (exact) mass is 254 g/mol. The van der Waals surface area contributed by atoms with E-state index in [0.29, 0.717) is 0 Å². The summed E-state index contributed by atoms with van der Waals surface area (Å²) in [5.74, 6) is 0. The van der Waals surface area contributed by atoms with Crippen molar-refractivity contribution in [2.45, 2.75) is 32.7 Å². The summed E-state index contributed by atoms with van der Waals surface area (Å²) in [7, 11) is 0. The molecule has 0 heterocycles. The predicted molar refractivity (Wildman–Crippen MR) is 75.8 cm³/mol. The SMILES string of the molecule is CC(C)(C)NCCNCCc1ccccc1Cl. The van der Waals surface area contributed by atoms with E-state index >= 15 is 0 Å². The van der Waals surface area contributed by atoms with Gasteiger partial charge in [-0.2, -0.15) is 0 Å². The first-order valence-electron chi connectivity index (χ1n) is 6.18. The van der Waals surface area contributed by atoms with Gasteiger partial charge < -0.3 is 10.6 Å². The average molecular weight is 255 g/mol. The summed E-state index contributed by atoms with van der Waals surface area (Å²) in [6, 6.07) is 8.02. The van der Waals surface area contributed by atoms with Crippen LogP contribution < -0.4 is 10.6 Å². The molecule has 0 amide bonds. The maximum Gasteiger partial charge on any atom is 0.0438 e. The molecule has 2 nitrogen and oxygen atoms in total. The van der Waals surface area contributed by atoms with Crippen molar-refractivity contribution in [2.75, 3.05) is 19.6 Å². The van der Waals surface area contributed by atoms with Gasteiger partial charge in [-0.15, -0.1) is 0 Å². The van der Waals surface area contributed by atoms with Crippen molar-refractivity contribution < 1.29 is 0 Å². The largest absolute Gasteiger partial charge is 0.315 e. The highest BCUT2D eigenvalue weighted by molar-refractivity contribution is 6.31. The fourth-order valence-electron chi connectivity index (χ4n) is 1.58. The molecule has 1 aromatic rings. The molecule has 0 saturated carbocycles. The summed E-state index contributed by atoms with van der Waals surface area (Å²) in [5.41, 5.74) is 1.41. The average Bonchev–Trinajstić information content (AvgIpc) is 2.24. The summed E-state index contributed by atoms with van der Waals surface area (Å²) in [5, 5.41) is 7.72. The zero-order valence-corrected chi connectivity index (χ0v) is 11.8. The standard InChI is InChI=1S/C14H23ClN2/c1-14(2,3)17-11-10-16-9-8-12-6-4-5-7-13(12)15/h4-7,16-17H,8-11H2,1-3H3. The van der Waals surface area contributed by atoms with Crippen LogP contribution in [-0.2, 0) is 6.42 Å². The van der Waals surface area contributed by atoms with Gasteiger partial charge in [-0.05, 0) is 45.4 Å². The molecule has 0 unspecified atom stereocenters. The Kier molecular flexibility index (Phi) is 5.96. The van der Waals surface area contributed by atoms with Crippen molar-refractivity contribution in [2.24, 2.45) is 0 Å². The van der Waals surface area contributed by atoms with Crippen LogP contribution in [-0.4, -0.2) is 25.2 Å². The molecule has 0 aliphatic heterocycles. The second kappa shape index (κ2) is 7.00. The molecule has 0 saturated heterocycles. The summed E-state index contributed by atoms with van der Waals surface area (Å²) in [6.07, 6.45) is 0.981. The molecule has 1 aromatic carbocycles. The highest BCUT2D eigenvalue weighted by Crippen LogP contribution is 2.14. The lowest BCUT2D eigenvalue weighted by Crippen LogP contribution is -2.40. The van der Waals surface area contributed by atoms with E-state index in [0.717, 1.165) is 31.1 Å². The van der Waals surface area contributed by atoms with Crippen molar-refractivity contribution in [3.63, 3.8) is 0 Å². The second-order valence-electron chi connectivity index (χ2n) is 5.27. The van der Waals surface area contributed by atoms with E-state index in [1.165, 1.54) is 5.56 Å². The van der Waals surface area contributed by atoms with E-state index in [1.807, 2.05) is 18.2 Å². The number of rotatable bonds is 6. The Labute approximate surface area is 110 Å². The lowest BCUT2D eigenvalue weighted by molar-refractivity contribution is 0.422. The van der Waals surface area contributed by atoms with E-state index < -0.39 is 0 Å². The number of hydrogen-bond acceptors (Lipinski definition) is 2. The molecule has 0 aromatic heterocycles. The Bertz CT molecular complexity index is 331. The lowest BCUT2D eigenvalue weighted by Gasteiger charge is -2.20. The topological polar surface area (TPSA) is 24.1 Å². The van der Waals surface area contributed by atoms with Gasteiger partial charge in [-0.1, -0.05) is 29.8 Å². The van der Waals surface area contributed by atoms with E-state index in [2.05, 4.69) is 37.5 Å². The minimum absolute atomic E-state index is 0.199. The summed E-state index contributed by atoms with van der Waals surface area (Å²) in [6.45, 7) is 9.48. The second-order valence-corrected chi connectivity index (χ2v) is 5.68. The first-order chi connectivity index (χ1) is 7.99. The minimum atomic E-state index is 0.199. The van der Waals surface area contributed by atoms with Gasteiger partial charge in [0.15, 0.2) is 0 Å². The van der Waals surface area contributed by atoms with Crippen LogP contribution in [0.4, 0.5) is 0 Å². The van der Waals surface area contributed by atoms with Gasteiger partial charge in [0, 0.05) is 23.7 Å². The first-order valence-corrected chi connectivity index (χ1v) is 6.56. The predicted octanol–water partition coefficient (Wildman–Crippen LogP) is 2.86. The lowest BCUT2D eigenvalue weighted by atomic mass is 10.1. The number of benzene rings is 1. The van der Waals surface area contributed by atoms with Gasteiger partial charge >= 0.3 is 0 Å². The van der Waals surface area contributed by atoms with Crippen LogP contribution in [0.25, 0.3) is 0 Å². The van der Waals surface area contributed by atoms with E-state index in [1.54, 1.807) is 0 Å². The molecule has 0 aliphatic carbocycles. The van der Waals surface area contributed by atoms with Crippen LogP contribution in [0.3, 0.4) is 0 Å². The molecule has 96 valence electrons. The van der Waals surface area contributed by atoms with Crippen LogP contribution in [0.15, 0.2) is 24.3 Å². The highest BCUT2D eigenvalue weighted by Gasteiger charge is 2.06. The van der Waals surface area contributed by atoms with Crippen LogP contribution in [0.5, 0.6) is 0 Å². The third-order valence-corrected chi connectivity index (χ3v) is 2.85. The molecule has 0 aliphatic rings. The van der Waals surface area contributed by atoms with Gasteiger partial charge in [0.05, 0.1) is 0 Å². The maximum absolute atomic E-state index is 6.08. The summed E-state index contributed by atoms with van der Waals surface area (Å²) in [4.78, 5) is 0. The smallest absolute Gasteiger partial charge is 0.0438 e. The molecule has 1 rings (SSSR count). The van der Waals surface area contributed by atoms with Gasteiger partial charge in [-0.3, -0.25) is 0 Å². The molecular formula is C14H23ClN2. The summed E-state index contributed by atoms with van der Waals surface area (Å²) < 4.78 is 0. The molecule has 2 N–H and O–H groups in total. The van der Waals surface area contributed by atoms with E-state index in [9.17, 15) is 0 Å². The molecule has 0 bridgehead atoms. The van der Waals surface area contributed by atoms with E-state index in [-0.39, 0.29) is 5.54 Å². The van der Waals surface area contributed by atoms with Crippen molar-refractivity contribution in [1.29, 1.82) is 0 Å². The Morgan fingerprint density at radius 3 is 2.41 bits per heavy atom. The van der Waals surface area contributed by atoms with Gasteiger partial charge in [0.2, 0.25) is 0 Å². The van der Waals surface area contributed by atoms with Crippen LogP contribution >= 0.6 is 11.6 Å². The fraction of sp³-hybridized carbons (Fsp3) is 0.571. The molecule has 0 radical (unpaired) electrons. The third-order valence-electron chi connectivity index (χ3n) is 2.49. The zero-order valence-electron chi connectivity index (χ0n) is 11.0. The van der Waals surface area contributed by atoms with Gasteiger partial charge in [0.25, 0.3) is 0 Å². The van der Waals surface area contributed by atoms with Crippen LogP contribution in [0, 0.1) is 0 Å². The minimum Gasteiger partial charge on any atom is -0.315 e. The van der Waals surface area contributed by atoms with Crippen molar-refractivity contribution >= 4 is 11.6 Å². The van der Waals surface area contributed by atoms with Crippen molar-refractivity contribution in [3.05, 3.63) is 34.9 Å². The van der Waals surface area contributed by atoms with Crippen LogP contribution in [0.2, 0.25) is 5.02 Å². The molecule has 0 atom stereocenters. The zero-order chi connectivity index (χ0) is 12.7. The van der Waals surface area contributed by atoms with E-state index in [4.69, 9.17) is 11.6 Å². The molecular weight excluding hydrogens is 232 g/mol. The van der Waals surface area contributed by atoms with Crippen molar-refractivity contribution in [3.8, 4) is 0 Å². The third kappa shape index (κ3) is 6.67.